The second-order valence-corrected chi connectivity index (χ2v) is 5.05. The van der Waals surface area contributed by atoms with Crippen LogP contribution in [0.3, 0.4) is 0 Å². The van der Waals surface area contributed by atoms with E-state index in [-0.39, 0.29) is 5.91 Å². The van der Waals surface area contributed by atoms with Crippen molar-refractivity contribution in [3.05, 3.63) is 53.9 Å². The highest BCUT2D eigenvalue weighted by Gasteiger charge is 2.08. The minimum Gasteiger partial charge on any atom is -0.383 e. The molecule has 0 saturated heterocycles. The SMILES string of the molecule is Cc1ccc(NC(=O)c2cc(NC(C)C)ccn2)cc1. The number of rotatable bonds is 4. The highest BCUT2D eigenvalue weighted by Crippen LogP contribution is 2.13. The number of amides is 1. The summed E-state index contributed by atoms with van der Waals surface area (Å²) in [6, 6.07) is 11.6. The molecule has 0 saturated carbocycles. The quantitative estimate of drug-likeness (QED) is 0.893. The van der Waals surface area contributed by atoms with Crippen molar-refractivity contribution in [3.63, 3.8) is 0 Å². The van der Waals surface area contributed by atoms with E-state index in [4.69, 9.17) is 0 Å². The Hall–Kier alpha value is -2.36. The number of hydrogen-bond donors (Lipinski definition) is 2. The molecular weight excluding hydrogens is 250 g/mol. The number of aromatic nitrogens is 1. The van der Waals surface area contributed by atoms with Crippen LogP contribution < -0.4 is 10.6 Å². The maximum atomic E-state index is 12.1. The lowest BCUT2D eigenvalue weighted by Crippen LogP contribution is -2.15. The molecule has 2 N–H and O–H groups in total. The summed E-state index contributed by atoms with van der Waals surface area (Å²) in [6.45, 7) is 6.10. The van der Waals surface area contributed by atoms with Crippen molar-refractivity contribution in [1.29, 1.82) is 0 Å². The Morgan fingerprint density at radius 3 is 2.45 bits per heavy atom. The first kappa shape index (κ1) is 14.1. The standard InChI is InChI=1S/C16H19N3O/c1-11(2)18-14-8-9-17-15(10-14)16(20)19-13-6-4-12(3)5-7-13/h4-11H,1-3H3,(H,17,18)(H,19,20). The molecule has 4 heteroatoms. The molecule has 0 aliphatic rings. The second-order valence-electron chi connectivity index (χ2n) is 5.05. The van der Waals surface area contributed by atoms with E-state index in [2.05, 4.69) is 15.6 Å². The van der Waals surface area contributed by atoms with E-state index in [0.29, 0.717) is 11.7 Å². The van der Waals surface area contributed by atoms with Gasteiger partial charge in [0.2, 0.25) is 0 Å². The Bertz CT molecular complexity index is 591. The zero-order valence-electron chi connectivity index (χ0n) is 12.0. The van der Waals surface area contributed by atoms with Crippen LogP contribution in [-0.2, 0) is 0 Å². The maximum absolute atomic E-state index is 12.1. The molecule has 0 aliphatic heterocycles. The van der Waals surface area contributed by atoms with Crippen LogP contribution >= 0.6 is 0 Å². The number of anilines is 2. The first-order valence-electron chi connectivity index (χ1n) is 6.65. The van der Waals surface area contributed by atoms with Crippen molar-refractivity contribution >= 4 is 17.3 Å². The summed E-state index contributed by atoms with van der Waals surface area (Å²) in [5, 5.41) is 6.09. The van der Waals surface area contributed by atoms with Gasteiger partial charge in [-0.25, -0.2) is 0 Å². The number of nitrogens with zero attached hydrogens (tertiary/aromatic N) is 1. The normalized spacial score (nSPS) is 10.4. The summed E-state index contributed by atoms with van der Waals surface area (Å²) in [4.78, 5) is 16.2. The summed E-state index contributed by atoms with van der Waals surface area (Å²) in [5.74, 6) is -0.207. The molecule has 1 heterocycles. The molecule has 0 atom stereocenters. The van der Waals surface area contributed by atoms with Gasteiger partial charge in [-0.1, -0.05) is 17.7 Å². The number of benzene rings is 1. The van der Waals surface area contributed by atoms with Gasteiger partial charge in [0.05, 0.1) is 0 Å². The monoisotopic (exact) mass is 269 g/mol. The third-order valence-corrected chi connectivity index (χ3v) is 2.76. The number of carbonyl (C=O) groups is 1. The molecule has 0 bridgehead atoms. The lowest BCUT2D eigenvalue weighted by atomic mass is 10.2. The summed E-state index contributed by atoms with van der Waals surface area (Å²) in [6.07, 6.45) is 1.63. The second kappa shape index (κ2) is 6.19. The predicted molar refractivity (Wildman–Crippen MR) is 82.1 cm³/mol. The van der Waals surface area contributed by atoms with Crippen molar-refractivity contribution in [2.24, 2.45) is 0 Å². The molecule has 1 aromatic carbocycles. The molecule has 4 nitrogen and oxygen atoms in total. The fourth-order valence-electron chi connectivity index (χ4n) is 1.81. The van der Waals surface area contributed by atoms with Gasteiger partial charge in [-0.2, -0.15) is 0 Å². The molecule has 0 spiro atoms. The van der Waals surface area contributed by atoms with Crippen molar-refractivity contribution in [2.75, 3.05) is 10.6 Å². The van der Waals surface area contributed by atoms with Gasteiger partial charge in [-0.3, -0.25) is 9.78 Å². The van der Waals surface area contributed by atoms with Crippen LogP contribution in [0, 0.1) is 6.92 Å². The predicted octanol–water partition coefficient (Wildman–Crippen LogP) is 3.46. The highest BCUT2D eigenvalue weighted by atomic mass is 16.1. The Labute approximate surface area is 119 Å². The summed E-state index contributed by atoms with van der Waals surface area (Å²) in [7, 11) is 0. The van der Waals surface area contributed by atoms with Crippen LogP contribution in [0.25, 0.3) is 0 Å². The van der Waals surface area contributed by atoms with Gasteiger partial charge in [0.15, 0.2) is 0 Å². The fraction of sp³-hybridized carbons (Fsp3) is 0.250. The van der Waals surface area contributed by atoms with Gasteiger partial charge in [-0.05, 0) is 45.0 Å². The molecule has 1 aromatic heterocycles. The zero-order valence-corrected chi connectivity index (χ0v) is 12.0. The van der Waals surface area contributed by atoms with E-state index in [0.717, 1.165) is 16.9 Å². The smallest absolute Gasteiger partial charge is 0.274 e. The molecule has 20 heavy (non-hydrogen) atoms. The van der Waals surface area contributed by atoms with E-state index in [1.54, 1.807) is 12.3 Å². The van der Waals surface area contributed by atoms with E-state index in [1.807, 2.05) is 51.1 Å². The van der Waals surface area contributed by atoms with E-state index < -0.39 is 0 Å². The number of aryl methyl sites for hydroxylation is 1. The molecule has 2 rings (SSSR count). The lowest BCUT2D eigenvalue weighted by Gasteiger charge is -2.11. The topological polar surface area (TPSA) is 54.0 Å². The van der Waals surface area contributed by atoms with E-state index in [9.17, 15) is 4.79 Å². The third-order valence-electron chi connectivity index (χ3n) is 2.76. The Morgan fingerprint density at radius 1 is 1.10 bits per heavy atom. The molecule has 0 aliphatic carbocycles. The molecule has 0 radical (unpaired) electrons. The first-order chi connectivity index (χ1) is 9.54. The maximum Gasteiger partial charge on any atom is 0.274 e. The van der Waals surface area contributed by atoms with Gasteiger partial charge in [0, 0.05) is 23.6 Å². The number of pyridine rings is 1. The zero-order chi connectivity index (χ0) is 14.5. The van der Waals surface area contributed by atoms with Crippen molar-refractivity contribution in [2.45, 2.75) is 26.8 Å². The molecule has 0 fully saturated rings. The van der Waals surface area contributed by atoms with Crippen LogP contribution in [0.2, 0.25) is 0 Å². The van der Waals surface area contributed by atoms with Crippen molar-refractivity contribution in [3.8, 4) is 0 Å². The van der Waals surface area contributed by atoms with Crippen molar-refractivity contribution in [1.82, 2.24) is 4.98 Å². The largest absolute Gasteiger partial charge is 0.383 e. The average Bonchev–Trinajstić information content (AvgIpc) is 2.41. The van der Waals surface area contributed by atoms with E-state index >= 15 is 0 Å². The molecule has 104 valence electrons. The number of hydrogen-bond acceptors (Lipinski definition) is 3. The van der Waals surface area contributed by atoms with Gasteiger partial charge >= 0.3 is 0 Å². The lowest BCUT2D eigenvalue weighted by molar-refractivity contribution is 0.102. The highest BCUT2D eigenvalue weighted by molar-refractivity contribution is 6.03. The Morgan fingerprint density at radius 2 is 1.80 bits per heavy atom. The molecule has 2 aromatic rings. The van der Waals surface area contributed by atoms with Crippen LogP contribution in [0.5, 0.6) is 0 Å². The summed E-state index contributed by atoms with van der Waals surface area (Å²) >= 11 is 0. The number of nitrogens with one attached hydrogen (secondary N) is 2. The minimum absolute atomic E-state index is 0.207. The van der Waals surface area contributed by atoms with Crippen LogP contribution in [0.4, 0.5) is 11.4 Å². The van der Waals surface area contributed by atoms with Gasteiger partial charge in [-0.15, -0.1) is 0 Å². The molecular formula is C16H19N3O. The minimum atomic E-state index is -0.207. The Kier molecular flexibility index (Phi) is 4.35. The van der Waals surface area contributed by atoms with Gasteiger partial charge < -0.3 is 10.6 Å². The van der Waals surface area contributed by atoms with Crippen LogP contribution in [0.1, 0.15) is 29.9 Å². The van der Waals surface area contributed by atoms with Crippen molar-refractivity contribution < 1.29 is 4.79 Å². The average molecular weight is 269 g/mol. The number of carbonyl (C=O) groups excluding carboxylic acids is 1. The molecule has 1 amide bonds. The van der Waals surface area contributed by atoms with Gasteiger partial charge in [0.25, 0.3) is 5.91 Å². The molecule has 0 unspecified atom stereocenters. The fourth-order valence-corrected chi connectivity index (χ4v) is 1.81. The summed E-state index contributed by atoms with van der Waals surface area (Å²) in [5.41, 5.74) is 3.22. The summed E-state index contributed by atoms with van der Waals surface area (Å²) < 4.78 is 0. The first-order valence-corrected chi connectivity index (χ1v) is 6.65. The van der Waals surface area contributed by atoms with Gasteiger partial charge in [0.1, 0.15) is 5.69 Å². The van der Waals surface area contributed by atoms with E-state index in [1.165, 1.54) is 0 Å². The van der Waals surface area contributed by atoms with Crippen LogP contribution in [0.15, 0.2) is 42.6 Å². The van der Waals surface area contributed by atoms with Crippen LogP contribution in [-0.4, -0.2) is 16.9 Å². The Balaban J connectivity index is 2.10. The third kappa shape index (κ3) is 3.82.